The second-order valence-corrected chi connectivity index (χ2v) is 8.60. The molecule has 1 aliphatic rings. The number of hydrogen-bond acceptors (Lipinski definition) is 10. The van der Waals surface area contributed by atoms with E-state index in [1.54, 1.807) is 36.7 Å². The lowest BCUT2D eigenvalue weighted by Gasteiger charge is -2.21. The number of quaternary nitrogens is 1. The molecule has 1 fully saturated rings. The lowest BCUT2D eigenvalue weighted by atomic mass is 10.2. The van der Waals surface area contributed by atoms with Crippen LogP contribution in [0.4, 0.5) is 5.69 Å². The van der Waals surface area contributed by atoms with Gasteiger partial charge in [-0.1, -0.05) is 28.4 Å². The van der Waals surface area contributed by atoms with Crippen molar-refractivity contribution in [1.82, 2.24) is 10.1 Å². The zero-order valence-electron chi connectivity index (χ0n) is 16.4. The Morgan fingerprint density at radius 3 is 2.62 bits per heavy atom. The molecule has 1 aliphatic heterocycles. The van der Waals surface area contributed by atoms with Crippen LogP contribution >= 0.6 is 34.5 Å². The maximum Gasteiger partial charge on any atom is 0.397 e. The van der Waals surface area contributed by atoms with Gasteiger partial charge in [0.2, 0.25) is 5.82 Å². The molecule has 166 valence electrons. The van der Waals surface area contributed by atoms with Gasteiger partial charge in [0.15, 0.2) is 0 Å². The third-order valence-corrected chi connectivity index (χ3v) is 6.33. The summed E-state index contributed by atoms with van der Waals surface area (Å²) in [6.07, 6.45) is -0.397. The van der Waals surface area contributed by atoms with Crippen LogP contribution in [0.1, 0.15) is 12.8 Å². The summed E-state index contributed by atoms with van der Waals surface area (Å²) in [5.41, 5.74) is 0.980. The summed E-state index contributed by atoms with van der Waals surface area (Å²) < 4.78 is 5.30. The maximum atomic E-state index is 12.3. The number of carbonyl (C=O) groups is 3. The number of hydroxylamine groups is 4. The fraction of sp³-hybridized carbons (Fsp3) is 0.211. The van der Waals surface area contributed by atoms with Gasteiger partial charge in [0.05, 0.1) is 28.6 Å². The summed E-state index contributed by atoms with van der Waals surface area (Å²) in [6, 6.07) is 6.63. The zero-order chi connectivity index (χ0) is 23.0. The number of imide groups is 1. The standard InChI is InChI=1S/C19H15Cl2N4O6S/c1-24(9-16(28)31-25(29)14(26)4-5-15(25)27)13-8-10(2-3-11(13)20)18-22-19(30-23-18)17-12(21)6-7-32-17/h2-3,6-8,29H,4-5,9H2,1H3/q+1. The van der Waals surface area contributed by atoms with Crippen LogP contribution in [0.3, 0.4) is 0 Å². The van der Waals surface area contributed by atoms with Crippen LogP contribution in [0, 0.1) is 0 Å². The van der Waals surface area contributed by atoms with Crippen LogP contribution in [-0.2, 0) is 19.2 Å². The highest BCUT2D eigenvalue weighted by molar-refractivity contribution is 7.14. The summed E-state index contributed by atoms with van der Waals surface area (Å²) in [5, 5.41) is 16.6. The molecule has 0 unspecified atom stereocenters. The van der Waals surface area contributed by atoms with E-state index in [0.29, 0.717) is 26.2 Å². The molecule has 0 radical (unpaired) electrons. The smallest absolute Gasteiger partial charge is 0.362 e. The van der Waals surface area contributed by atoms with Gasteiger partial charge >= 0.3 is 17.8 Å². The number of benzene rings is 1. The molecule has 3 heterocycles. The predicted molar refractivity (Wildman–Crippen MR) is 114 cm³/mol. The van der Waals surface area contributed by atoms with Crippen molar-refractivity contribution in [3.63, 3.8) is 0 Å². The molecule has 1 saturated heterocycles. The molecule has 2 amide bonds. The van der Waals surface area contributed by atoms with Gasteiger partial charge in [0.1, 0.15) is 16.2 Å². The predicted octanol–water partition coefficient (Wildman–Crippen LogP) is 3.72. The summed E-state index contributed by atoms with van der Waals surface area (Å²) in [5.74, 6) is -2.24. The third-order valence-electron chi connectivity index (χ3n) is 4.68. The number of nitrogens with zero attached hydrogens (tertiary/aromatic N) is 4. The molecule has 0 atom stereocenters. The van der Waals surface area contributed by atoms with E-state index in [2.05, 4.69) is 10.1 Å². The van der Waals surface area contributed by atoms with Crippen LogP contribution in [0.25, 0.3) is 22.2 Å². The minimum Gasteiger partial charge on any atom is -0.362 e. The molecular formula is C19H15Cl2N4O6S+. The van der Waals surface area contributed by atoms with Gasteiger partial charge < -0.3 is 9.42 Å². The second-order valence-electron chi connectivity index (χ2n) is 6.87. The highest BCUT2D eigenvalue weighted by Crippen LogP contribution is 2.35. The van der Waals surface area contributed by atoms with Crippen LogP contribution in [-0.4, -0.2) is 51.5 Å². The zero-order valence-corrected chi connectivity index (χ0v) is 18.8. The monoisotopic (exact) mass is 497 g/mol. The van der Waals surface area contributed by atoms with E-state index in [1.165, 1.54) is 16.2 Å². The lowest BCUT2D eigenvalue weighted by molar-refractivity contribution is -1.12. The molecule has 0 aliphatic carbocycles. The number of halogens is 2. The van der Waals surface area contributed by atoms with E-state index in [-0.39, 0.29) is 24.6 Å². The topological polar surface area (TPSA) is 123 Å². The van der Waals surface area contributed by atoms with Crippen molar-refractivity contribution in [2.75, 3.05) is 18.5 Å². The van der Waals surface area contributed by atoms with Crippen LogP contribution in [0.5, 0.6) is 0 Å². The number of aromatic nitrogens is 2. The first-order valence-corrected chi connectivity index (χ1v) is 10.8. The molecule has 32 heavy (non-hydrogen) atoms. The van der Waals surface area contributed by atoms with Gasteiger partial charge in [-0.25, -0.2) is 19.2 Å². The number of thiophene rings is 1. The molecule has 4 rings (SSSR count). The van der Waals surface area contributed by atoms with Crippen molar-refractivity contribution in [3.05, 3.63) is 39.7 Å². The molecular weight excluding hydrogens is 483 g/mol. The molecule has 2 aromatic heterocycles. The van der Waals surface area contributed by atoms with Gasteiger partial charge in [0, 0.05) is 12.6 Å². The first-order valence-electron chi connectivity index (χ1n) is 9.18. The van der Waals surface area contributed by atoms with Gasteiger partial charge in [-0.15, -0.1) is 11.3 Å². The highest BCUT2D eigenvalue weighted by Gasteiger charge is 2.55. The van der Waals surface area contributed by atoms with E-state index in [0.717, 1.165) is 0 Å². The van der Waals surface area contributed by atoms with Crippen LogP contribution in [0.2, 0.25) is 10.0 Å². The number of anilines is 1. The molecule has 0 bridgehead atoms. The Morgan fingerprint density at radius 1 is 1.25 bits per heavy atom. The summed E-state index contributed by atoms with van der Waals surface area (Å²) >= 11 is 13.7. The van der Waals surface area contributed by atoms with Gasteiger partial charge in [-0.3, -0.25) is 0 Å². The minimum absolute atomic E-state index is 0.199. The molecule has 1 N–H and O–H groups in total. The van der Waals surface area contributed by atoms with Crippen molar-refractivity contribution in [2.24, 2.45) is 0 Å². The third kappa shape index (κ3) is 4.12. The molecule has 13 heteroatoms. The van der Waals surface area contributed by atoms with E-state index < -0.39 is 29.1 Å². The average molecular weight is 498 g/mol. The Hall–Kier alpha value is -2.83. The number of amides is 2. The first kappa shape index (κ1) is 22.4. The molecule has 0 spiro atoms. The van der Waals surface area contributed by atoms with E-state index in [1.807, 2.05) is 0 Å². The Kier molecular flexibility index (Phi) is 6.01. The molecule has 0 saturated carbocycles. The second kappa shape index (κ2) is 8.60. The number of rotatable bonds is 6. The Labute approximate surface area is 195 Å². The molecule has 1 aromatic carbocycles. The number of carbonyl (C=O) groups excluding carboxylic acids is 3. The molecule has 10 nitrogen and oxygen atoms in total. The first-order chi connectivity index (χ1) is 15.2. The number of likely N-dealkylation sites (N-methyl/N-ethyl adjacent to an activating group) is 1. The fourth-order valence-electron chi connectivity index (χ4n) is 3.04. The lowest BCUT2D eigenvalue weighted by Crippen LogP contribution is -2.51. The number of hydrogen-bond donors (Lipinski definition) is 1. The molecule has 3 aromatic rings. The van der Waals surface area contributed by atoms with Gasteiger partial charge in [0.25, 0.3) is 5.89 Å². The van der Waals surface area contributed by atoms with Crippen molar-refractivity contribution < 1.29 is 33.8 Å². The van der Waals surface area contributed by atoms with Crippen molar-refractivity contribution >= 4 is 58.0 Å². The maximum absolute atomic E-state index is 12.3. The fourth-order valence-corrected chi connectivity index (χ4v) is 4.36. The average Bonchev–Trinajstić information content (AvgIpc) is 3.45. The van der Waals surface area contributed by atoms with Crippen molar-refractivity contribution in [3.8, 4) is 22.2 Å². The van der Waals surface area contributed by atoms with Crippen molar-refractivity contribution in [1.29, 1.82) is 0 Å². The summed E-state index contributed by atoms with van der Waals surface area (Å²) in [7, 11) is 1.55. The quantitative estimate of drug-likeness (QED) is 0.308. The SMILES string of the molecule is CN(CC(=O)O[N+]1(O)C(=O)CCC1=O)c1cc(-c2noc(-c3sccc3Cl)n2)ccc1Cl. The Morgan fingerprint density at radius 2 is 1.97 bits per heavy atom. The minimum atomic E-state index is -1.97. The van der Waals surface area contributed by atoms with E-state index >= 15 is 0 Å². The van der Waals surface area contributed by atoms with E-state index in [4.69, 9.17) is 32.6 Å². The normalized spacial score (nSPS) is 15.2. The van der Waals surface area contributed by atoms with Gasteiger partial charge in [-0.05, 0) is 29.6 Å². The van der Waals surface area contributed by atoms with Gasteiger partial charge in [-0.2, -0.15) is 10.2 Å². The van der Waals surface area contributed by atoms with E-state index in [9.17, 15) is 19.6 Å². The summed E-state index contributed by atoms with van der Waals surface area (Å²) in [4.78, 5) is 44.9. The Balaban J connectivity index is 1.52. The summed E-state index contributed by atoms with van der Waals surface area (Å²) in [6.45, 7) is -0.396. The van der Waals surface area contributed by atoms with Crippen molar-refractivity contribution in [2.45, 2.75) is 12.8 Å². The van der Waals surface area contributed by atoms with Crippen LogP contribution < -0.4 is 4.90 Å². The van der Waals surface area contributed by atoms with Crippen LogP contribution in [0.15, 0.2) is 34.2 Å². The largest absolute Gasteiger partial charge is 0.397 e. The highest BCUT2D eigenvalue weighted by atomic mass is 35.5. The Bertz CT molecular complexity index is 1210.